The Morgan fingerprint density at radius 2 is 1.91 bits per heavy atom. The number of carboxylic acids is 1. The first-order valence-electron chi connectivity index (χ1n) is 10.4. The number of hydrogen-bond donors (Lipinski definition) is 1. The normalized spacial score (nSPS) is 14.3. The molecule has 1 N–H and O–H groups in total. The Hall–Kier alpha value is -3.24. The maximum absolute atomic E-state index is 13.3. The molecule has 4 heterocycles. The van der Waals surface area contributed by atoms with E-state index in [1.807, 2.05) is 35.3 Å². The van der Waals surface area contributed by atoms with Gasteiger partial charge >= 0.3 is 5.97 Å². The zero-order valence-corrected chi connectivity index (χ0v) is 18.8. The summed E-state index contributed by atoms with van der Waals surface area (Å²) in [5, 5.41) is 12.5. The topological polar surface area (TPSA) is 99.0 Å². The van der Waals surface area contributed by atoms with Gasteiger partial charge in [-0.15, -0.1) is 11.3 Å². The summed E-state index contributed by atoms with van der Waals surface area (Å²) in [6.45, 7) is 2.67. The number of fused-ring (bicyclic) bond motifs is 1. The average Bonchev–Trinajstić information content (AvgIpc) is 3.32. The quantitative estimate of drug-likeness (QED) is 0.604. The second kappa shape index (κ2) is 9.09. The van der Waals surface area contributed by atoms with Crippen molar-refractivity contribution in [1.82, 2.24) is 19.4 Å². The summed E-state index contributed by atoms with van der Waals surface area (Å²) in [5.41, 5.74) is 0.0475. The zero-order valence-electron chi connectivity index (χ0n) is 18.0. The summed E-state index contributed by atoms with van der Waals surface area (Å²) in [7, 11) is 3.79. The van der Waals surface area contributed by atoms with Crippen molar-refractivity contribution in [1.29, 1.82) is 0 Å². The van der Waals surface area contributed by atoms with E-state index in [0.29, 0.717) is 60.9 Å². The fourth-order valence-electron chi connectivity index (χ4n) is 3.98. The Morgan fingerprint density at radius 3 is 2.53 bits per heavy atom. The highest BCUT2D eigenvalue weighted by molar-refractivity contribution is 7.12. The van der Waals surface area contributed by atoms with Gasteiger partial charge in [0.25, 0.3) is 11.5 Å². The van der Waals surface area contributed by atoms with Gasteiger partial charge in [0.2, 0.25) is 0 Å². The van der Waals surface area contributed by atoms with Crippen LogP contribution in [0.3, 0.4) is 0 Å². The fourth-order valence-corrected chi connectivity index (χ4v) is 4.67. The highest BCUT2D eigenvalue weighted by Crippen LogP contribution is 2.29. The Bertz CT molecular complexity index is 1200. The van der Waals surface area contributed by atoms with Gasteiger partial charge in [-0.25, -0.2) is 9.78 Å². The Labute approximate surface area is 189 Å². The van der Waals surface area contributed by atoms with Gasteiger partial charge < -0.3 is 19.8 Å². The predicted molar refractivity (Wildman–Crippen MR) is 124 cm³/mol. The minimum atomic E-state index is -1.26. The lowest BCUT2D eigenvalue weighted by molar-refractivity contribution is 0.0691. The number of amides is 1. The third-order valence-corrected chi connectivity index (χ3v) is 6.45. The van der Waals surface area contributed by atoms with Gasteiger partial charge in [0, 0.05) is 50.9 Å². The number of aromatic carboxylic acids is 1. The number of carbonyl (C=O) groups is 2. The lowest BCUT2D eigenvalue weighted by atomic mass is 10.1. The first-order valence-corrected chi connectivity index (χ1v) is 11.2. The molecule has 3 aromatic heterocycles. The van der Waals surface area contributed by atoms with Crippen molar-refractivity contribution in [3.8, 4) is 0 Å². The van der Waals surface area contributed by atoms with Crippen molar-refractivity contribution in [2.24, 2.45) is 0 Å². The second-order valence-corrected chi connectivity index (χ2v) is 8.87. The summed E-state index contributed by atoms with van der Waals surface area (Å²) < 4.78 is 1.44. The number of thiophene rings is 1. The fraction of sp³-hybridized carbons (Fsp3) is 0.364. The minimum Gasteiger partial charge on any atom is -0.477 e. The van der Waals surface area contributed by atoms with E-state index in [0.717, 1.165) is 0 Å². The number of aromatic nitrogens is 2. The smallest absolute Gasteiger partial charge is 0.343 e. The highest BCUT2D eigenvalue weighted by atomic mass is 32.1. The van der Waals surface area contributed by atoms with E-state index in [-0.39, 0.29) is 11.5 Å². The van der Waals surface area contributed by atoms with Crippen LogP contribution in [0, 0.1) is 0 Å². The molecular weight excluding hydrogens is 430 g/mol. The molecule has 1 amide bonds. The van der Waals surface area contributed by atoms with E-state index < -0.39 is 11.5 Å². The Kier molecular flexibility index (Phi) is 6.24. The molecule has 1 aliphatic heterocycles. The largest absolute Gasteiger partial charge is 0.477 e. The summed E-state index contributed by atoms with van der Waals surface area (Å²) in [6, 6.07) is 7.19. The number of hydrogen-bond acceptors (Lipinski definition) is 7. The van der Waals surface area contributed by atoms with Gasteiger partial charge in [-0.2, -0.15) is 0 Å². The third-order valence-electron chi connectivity index (χ3n) is 5.59. The molecule has 3 aromatic rings. The van der Waals surface area contributed by atoms with Crippen molar-refractivity contribution < 1.29 is 14.7 Å². The van der Waals surface area contributed by atoms with Gasteiger partial charge in [-0.05, 0) is 37.7 Å². The maximum atomic E-state index is 13.3. The number of nitrogens with zero attached hydrogens (tertiary/aromatic N) is 5. The van der Waals surface area contributed by atoms with E-state index >= 15 is 0 Å². The second-order valence-electron chi connectivity index (χ2n) is 7.92. The number of rotatable bonds is 6. The monoisotopic (exact) mass is 455 g/mol. The molecule has 0 spiro atoms. The SMILES string of the molecule is CN(C)CCn1c(=O)c(C(=O)O)c(N2CCN(C(=O)c3cccs3)CC2)c2cccnc21. The van der Waals surface area contributed by atoms with E-state index in [4.69, 9.17) is 0 Å². The molecule has 0 saturated carbocycles. The number of anilines is 1. The van der Waals surface area contributed by atoms with Gasteiger partial charge in [-0.1, -0.05) is 6.07 Å². The number of carboxylic acid groups (broad SMARTS) is 1. The molecule has 1 saturated heterocycles. The molecule has 0 atom stereocenters. The number of carbonyl (C=O) groups excluding carboxylic acids is 1. The van der Waals surface area contributed by atoms with Crippen LogP contribution in [-0.4, -0.2) is 83.2 Å². The standard InChI is InChI=1S/C22H25N5O4S/c1-24(2)8-13-27-19-15(5-3-7-23-19)18(17(21(27)29)22(30)31)25-9-11-26(12-10-25)20(28)16-6-4-14-32-16/h3-7,14H,8-13H2,1-2H3,(H,30,31). The van der Waals surface area contributed by atoms with E-state index in [2.05, 4.69) is 4.98 Å². The summed E-state index contributed by atoms with van der Waals surface area (Å²) in [5.74, 6) is -1.28. The van der Waals surface area contributed by atoms with E-state index in [1.165, 1.54) is 15.9 Å². The lowest BCUT2D eigenvalue weighted by Crippen LogP contribution is -2.49. The van der Waals surface area contributed by atoms with Crippen LogP contribution in [0.2, 0.25) is 0 Å². The molecule has 10 heteroatoms. The van der Waals surface area contributed by atoms with Crippen molar-refractivity contribution >= 4 is 39.9 Å². The van der Waals surface area contributed by atoms with Gasteiger partial charge in [0.15, 0.2) is 0 Å². The first-order chi connectivity index (χ1) is 15.4. The molecule has 1 aliphatic rings. The molecule has 0 unspecified atom stereocenters. The molecule has 4 rings (SSSR count). The first kappa shape index (κ1) is 22.0. The highest BCUT2D eigenvalue weighted by Gasteiger charge is 2.30. The number of pyridine rings is 2. The van der Waals surface area contributed by atoms with Crippen molar-refractivity contribution in [3.63, 3.8) is 0 Å². The van der Waals surface area contributed by atoms with Crippen molar-refractivity contribution in [3.05, 3.63) is 56.6 Å². The van der Waals surface area contributed by atoms with Crippen LogP contribution in [0.4, 0.5) is 5.69 Å². The maximum Gasteiger partial charge on any atom is 0.343 e. The van der Waals surface area contributed by atoms with E-state index in [1.54, 1.807) is 29.3 Å². The molecule has 1 fully saturated rings. The zero-order chi connectivity index (χ0) is 22.8. The summed E-state index contributed by atoms with van der Waals surface area (Å²) in [4.78, 5) is 48.8. The molecule has 32 heavy (non-hydrogen) atoms. The summed E-state index contributed by atoms with van der Waals surface area (Å²) >= 11 is 1.40. The van der Waals surface area contributed by atoms with Crippen LogP contribution in [-0.2, 0) is 6.54 Å². The molecule has 168 valence electrons. The Balaban J connectivity index is 1.72. The van der Waals surface area contributed by atoms with Crippen LogP contribution in [0.15, 0.2) is 40.6 Å². The van der Waals surface area contributed by atoms with Crippen LogP contribution >= 0.6 is 11.3 Å². The van der Waals surface area contributed by atoms with Crippen LogP contribution in [0.25, 0.3) is 11.0 Å². The van der Waals surface area contributed by atoms with Crippen LogP contribution < -0.4 is 10.5 Å². The lowest BCUT2D eigenvalue weighted by Gasteiger charge is -2.37. The Morgan fingerprint density at radius 1 is 1.16 bits per heavy atom. The molecule has 9 nitrogen and oxygen atoms in total. The average molecular weight is 456 g/mol. The van der Waals surface area contributed by atoms with Gasteiger partial charge in [0.05, 0.1) is 10.6 Å². The molecule has 0 aromatic carbocycles. The number of likely N-dealkylation sites (N-methyl/N-ethyl adjacent to an activating group) is 1. The minimum absolute atomic E-state index is 0.0243. The molecular formula is C22H25N5O4S. The number of piperazine rings is 1. The third kappa shape index (κ3) is 4.11. The summed E-state index contributed by atoms with van der Waals surface area (Å²) in [6.07, 6.45) is 1.61. The molecule has 0 aliphatic carbocycles. The van der Waals surface area contributed by atoms with Crippen LogP contribution in [0.5, 0.6) is 0 Å². The van der Waals surface area contributed by atoms with E-state index in [9.17, 15) is 19.5 Å². The predicted octanol–water partition coefficient (Wildman–Crippen LogP) is 1.68. The molecule has 0 bridgehead atoms. The van der Waals surface area contributed by atoms with Crippen molar-refractivity contribution in [2.45, 2.75) is 6.54 Å². The van der Waals surface area contributed by atoms with Gasteiger partial charge in [-0.3, -0.25) is 14.2 Å². The van der Waals surface area contributed by atoms with Crippen molar-refractivity contribution in [2.75, 3.05) is 51.7 Å². The van der Waals surface area contributed by atoms with Gasteiger partial charge in [0.1, 0.15) is 11.2 Å². The van der Waals surface area contributed by atoms with Crippen LogP contribution in [0.1, 0.15) is 20.0 Å². The molecule has 0 radical (unpaired) electrons.